The normalized spacial score (nSPS) is 32.8. The third-order valence-corrected chi connectivity index (χ3v) is 4.93. The lowest BCUT2D eigenvalue weighted by molar-refractivity contribution is 0.00840. The Morgan fingerprint density at radius 2 is 1.83 bits per heavy atom. The molecule has 0 amide bonds. The number of nitrogens with one attached hydrogen (secondary N) is 1. The minimum atomic E-state index is 0.740. The molecule has 2 unspecified atom stereocenters. The van der Waals surface area contributed by atoms with Gasteiger partial charge in [-0.3, -0.25) is 4.90 Å². The summed E-state index contributed by atoms with van der Waals surface area (Å²) in [4.78, 5) is 5.39. The molecule has 106 valence electrons. The third kappa shape index (κ3) is 3.46. The van der Waals surface area contributed by atoms with Crippen molar-refractivity contribution in [1.82, 2.24) is 15.1 Å². The van der Waals surface area contributed by atoms with Crippen LogP contribution < -0.4 is 5.32 Å². The average molecular weight is 253 g/mol. The summed E-state index contributed by atoms with van der Waals surface area (Å²) in [6.07, 6.45) is 8.51. The molecule has 1 aliphatic carbocycles. The fourth-order valence-corrected chi connectivity index (χ4v) is 3.78. The summed E-state index contributed by atoms with van der Waals surface area (Å²) in [5, 5.41) is 3.30. The second-order valence-electron chi connectivity index (χ2n) is 6.32. The first-order valence-corrected chi connectivity index (χ1v) is 7.83. The monoisotopic (exact) mass is 253 g/mol. The summed E-state index contributed by atoms with van der Waals surface area (Å²) in [6.45, 7) is 6.08. The summed E-state index contributed by atoms with van der Waals surface area (Å²) < 4.78 is 0. The minimum absolute atomic E-state index is 0.740. The van der Waals surface area contributed by atoms with E-state index in [-0.39, 0.29) is 0 Å². The summed E-state index contributed by atoms with van der Waals surface area (Å²) in [5.74, 6) is 0. The molecule has 3 heteroatoms. The Hall–Kier alpha value is -0.120. The van der Waals surface area contributed by atoms with Gasteiger partial charge in [0.05, 0.1) is 0 Å². The van der Waals surface area contributed by atoms with Gasteiger partial charge < -0.3 is 10.2 Å². The van der Waals surface area contributed by atoms with Gasteiger partial charge >= 0.3 is 0 Å². The van der Waals surface area contributed by atoms with Gasteiger partial charge in [0.2, 0.25) is 0 Å². The van der Waals surface area contributed by atoms with E-state index in [2.05, 4.69) is 36.1 Å². The van der Waals surface area contributed by atoms with Crippen molar-refractivity contribution in [2.45, 2.75) is 63.6 Å². The summed E-state index contributed by atoms with van der Waals surface area (Å²) in [5.41, 5.74) is 0. The van der Waals surface area contributed by atoms with Crippen LogP contribution in [0.1, 0.15) is 45.4 Å². The van der Waals surface area contributed by atoms with Gasteiger partial charge in [0, 0.05) is 31.2 Å². The molecule has 0 aromatic rings. The van der Waals surface area contributed by atoms with Gasteiger partial charge in [-0.15, -0.1) is 0 Å². The predicted molar refractivity (Wildman–Crippen MR) is 78.0 cm³/mol. The fraction of sp³-hybridized carbons (Fsp3) is 1.00. The Labute approximate surface area is 113 Å². The Morgan fingerprint density at radius 3 is 2.50 bits per heavy atom. The quantitative estimate of drug-likeness (QED) is 0.826. The second-order valence-corrected chi connectivity index (χ2v) is 6.32. The van der Waals surface area contributed by atoms with E-state index in [9.17, 15) is 0 Å². The van der Waals surface area contributed by atoms with E-state index < -0.39 is 0 Å². The summed E-state index contributed by atoms with van der Waals surface area (Å²) in [7, 11) is 4.36. The van der Waals surface area contributed by atoms with E-state index >= 15 is 0 Å². The van der Waals surface area contributed by atoms with E-state index in [1.807, 2.05) is 0 Å². The van der Waals surface area contributed by atoms with Gasteiger partial charge in [0.1, 0.15) is 0 Å². The van der Waals surface area contributed by atoms with Gasteiger partial charge in [0.25, 0.3) is 0 Å². The standard InChI is InChI=1S/C15H31N3/c1-13-11-17(3)15(9-10-16-2)12-18(13)14-7-5-4-6-8-14/h13-16H,4-12H2,1-3H3. The highest BCUT2D eigenvalue weighted by atomic mass is 15.3. The van der Waals surface area contributed by atoms with Crippen molar-refractivity contribution in [3.8, 4) is 0 Å². The van der Waals surface area contributed by atoms with Crippen LogP contribution in [-0.2, 0) is 0 Å². The van der Waals surface area contributed by atoms with Crippen molar-refractivity contribution >= 4 is 0 Å². The Kier molecular flexibility index (Phi) is 5.46. The number of likely N-dealkylation sites (N-methyl/N-ethyl adjacent to an activating group) is 1. The third-order valence-electron chi connectivity index (χ3n) is 4.93. The van der Waals surface area contributed by atoms with Crippen LogP contribution in [0.3, 0.4) is 0 Å². The zero-order chi connectivity index (χ0) is 13.0. The molecule has 0 aromatic carbocycles. The van der Waals surface area contributed by atoms with Crippen LogP contribution in [0.4, 0.5) is 0 Å². The van der Waals surface area contributed by atoms with E-state index in [4.69, 9.17) is 0 Å². The molecule has 1 saturated heterocycles. The summed E-state index contributed by atoms with van der Waals surface area (Å²) >= 11 is 0. The SMILES string of the molecule is CNCCC1CN(C2CCCCC2)C(C)CN1C. The van der Waals surface area contributed by atoms with E-state index in [1.54, 1.807) is 0 Å². The molecule has 18 heavy (non-hydrogen) atoms. The highest BCUT2D eigenvalue weighted by molar-refractivity contribution is 4.90. The van der Waals surface area contributed by atoms with Crippen molar-refractivity contribution in [2.75, 3.05) is 33.7 Å². The maximum absolute atomic E-state index is 3.30. The lowest BCUT2D eigenvalue weighted by atomic mass is 9.91. The van der Waals surface area contributed by atoms with E-state index in [0.717, 1.165) is 24.7 Å². The molecule has 2 atom stereocenters. The molecule has 0 radical (unpaired) electrons. The molecule has 3 nitrogen and oxygen atoms in total. The first-order valence-electron chi connectivity index (χ1n) is 7.83. The second kappa shape index (κ2) is 6.88. The highest BCUT2D eigenvalue weighted by Gasteiger charge is 2.33. The molecule has 2 fully saturated rings. The van der Waals surface area contributed by atoms with Crippen molar-refractivity contribution in [1.29, 1.82) is 0 Å². The highest BCUT2D eigenvalue weighted by Crippen LogP contribution is 2.27. The van der Waals surface area contributed by atoms with E-state index in [1.165, 1.54) is 51.6 Å². The van der Waals surface area contributed by atoms with Crippen LogP contribution in [-0.4, -0.2) is 61.7 Å². The van der Waals surface area contributed by atoms with Crippen LogP contribution in [0.5, 0.6) is 0 Å². The minimum Gasteiger partial charge on any atom is -0.320 e. The lowest BCUT2D eigenvalue weighted by Crippen LogP contribution is -2.59. The number of rotatable bonds is 4. The van der Waals surface area contributed by atoms with Crippen molar-refractivity contribution < 1.29 is 0 Å². The Morgan fingerprint density at radius 1 is 1.11 bits per heavy atom. The van der Waals surface area contributed by atoms with Crippen LogP contribution in [0.2, 0.25) is 0 Å². The smallest absolute Gasteiger partial charge is 0.0233 e. The van der Waals surface area contributed by atoms with E-state index in [0.29, 0.717) is 0 Å². The van der Waals surface area contributed by atoms with Crippen LogP contribution in [0, 0.1) is 0 Å². The molecular weight excluding hydrogens is 222 g/mol. The summed E-state index contributed by atoms with van der Waals surface area (Å²) in [6, 6.07) is 2.36. The maximum Gasteiger partial charge on any atom is 0.0233 e. The molecule has 0 spiro atoms. The van der Waals surface area contributed by atoms with Crippen LogP contribution in [0.15, 0.2) is 0 Å². The van der Waals surface area contributed by atoms with Gasteiger partial charge in [0.15, 0.2) is 0 Å². The molecular formula is C15H31N3. The number of hydrogen-bond acceptors (Lipinski definition) is 3. The van der Waals surface area contributed by atoms with Gasteiger partial charge in [-0.05, 0) is 46.8 Å². The number of hydrogen-bond donors (Lipinski definition) is 1. The molecule has 2 aliphatic rings. The molecule has 1 aliphatic heterocycles. The first kappa shape index (κ1) is 14.3. The lowest BCUT2D eigenvalue weighted by Gasteiger charge is -2.48. The Bertz CT molecular complexity index is 238. The van der Waals surface area contributed by atoms with Gasteiger partial charge in [-0.2, -0.15) is 0 Å². The molecule has 1 N–H and O–H groups in total. The number of piperazine rings is 1. The average Bonchev–Trinajstić information content (AvgIpc) is 2.39. The van der Waals surface area contributed by atoms with Gasteiger partial charge in [-0.1, -0.05) is 19.3 Å². The topological polar surface area (TPSA) is 18.5 Å². The van der Waals surface area contributed by atoms with Crippen molar-refractivity contribution in [3.05, 3.63) is 0 Å². The zero-order valence-corrected chi connectivity index (χ0v) is 12.5. The Balaban J connectivity index is 1.92. The van der Waals surface area contributed by atoms with Crippen molar-refractivity contribution in [3.63, 3.8) is 0 Å². The van der Waals surface area contributed by atoms with Gasteiger partial charge in [-0.25, -0.2) is 0 Å². The molecule has 1 heterocycles. The largest absolute Gasteiger partial charge is 0.320 e. The van der Waals surface area contributed by atoms with Crippen molar-refractivity contribution in [2.24, 2.45) is 0 Å². The molecule has 0 bridgehead atoms. The molecule has 1 saturated carbocycles. The molecule has 0 aromatic heterocycles. The number of nitrogens with zero attached hydrogens (tertiary/aromatic N) is 2. The maximum atomic E-state index is 3.30. The van der Waals surface area contributed by atoms with Crippen LogP contribution in [0.25, 0.3) is 0 Å². The predicted octanol–water partition coefficient (Wildman–Crippen LogP) is 1.93. The fourth-order valence-electron chi connectivity index (χ4n) is 3.78. The van der Waals surface area contributed by atoms with Crippen LogP contribution >= 0.6 is 0 Å². The zero-order valence-electron chi connectivity index (χ0n) is 12.5. The molecule has 2 rings (SSSR count). The first-order chi connectivity index (χ1) is 8.72.